The van der Waals surface area contributed by atoms with Gasteiger partial charge in [-0.05, 0) is 26.2 Å². The van der Waals surface area contributed by atoms with Gasteiger partial charge in [-0.2, -0.15) is 0 Å². The number of hydrogen-bond donors (Lipinski definition) is 2. The van der Waals surface area contributed by atoms with E-state index in [1.165, 1.54) is 0 Å². The summed E-state index contributed by atoms with van der Waals surface area (Å²) >= 11 is 0. The Morgan fingerprint density at radius 3 is 2.45 bits per heavy atom. The minimum absolute atomic E-state index is 0.133. The first-order valence-corrected chi connectivity index (χ1v) is 7.15. The first kappa shape index (κ1) is 18.6. The van der Waals surface area contributed by atoms with Crippen LogP contribution in [-0.2, 0) is 14.3 Å². The van der Waals surface area contributed by atoms with Gasteiger partial charge in [-0.1, -0.05) is 25.3 Å². The number of hydrogen-bond acceptors (Lipinski definition) is 4. The van der Waals surface area contributed by atoms with Crippen LogP contribution in [0.2, 0.25) is 0 Å². The van der Waals surface area contributed by atoms with Crippen LogP contribution < -0.4 is 0 Å². The molecule has 2 atom stereocenters. The van der Waals surface area contributed by atoms with Crippen LogP contribution in [0.5, 0.6) is 0 Å². The Labute approximate surface area is 120 Å². The third-order valence-electron chi connectivity index (χ3n) is 3.06. The summed E-state index contributed by atoms with van der Waals surface area (Å²) in [6.45, 7) is 4.95. The summed E-state index contributed by atoms with van der Waals surface area (Å²) in [5.74, 6) is -2.23. The zero-order chi connectivity index (χ0) is 15.4. The summed E-state index contributed by atoms with van der Waals surface area (Å²) in [5, 5.41) is 17.9. The Bertz CT molecular complexity index is 301. The Balaban J connectivity index is 3.95. The molecule has 2 unspecified atom stereocenters. The number of aliphatic carboxylic acids is 1. The fourth-order valence-electron chi connectivity index (χ4n) is 1.86. The number of aliphatic hydroxyl groups excluding tert-OH is 1. The van der Waals surface area contributed by atoms with Gasteiger partial charge in [0, 0.05) is 0 Å². The van der Waals surface area contributed by atoms with Crippen LogP contribution >= 0.6 is 0 Å². The highest BCUT2D eigenvalue weighted by Crippen LogP contribution is 2.16. The molecule has 5 nitrogen and oxygen atoms in total. The fourth-order valence-corrected chi connectivity index (χ4v) is 1.86. The SMILES string of the molecule is C=CCCCCCCC(CC(=O)OC(C)CO)C(=O)O. The molecule has 0 aromatic carbocycles. The Kier molecular flexibility index (Phi) is 10.7. The molecule has 2 N–H and O–H groups in total. The largest absolute Gasteiger partial charge is 0.481 e. The van der Waals surface area contributed by atoms with Crippen molar-refractivity contribution in [2.24, 2.45) is 5.92 Å². The minimum atomic E-state index is -0.968. The van der Waals surface area contributed by atoms with E-state index in [9.17, 15) is 9.59 Å². The number of carboxylic acid groups (broad SMARTS) is 1. The second kappa shape index (κ2) is 11.5. The Hall–Kier alpha value is -1.36. The molecule has 0 bridgehead atoms. The van der Waals surface area contributed by atoms with Gasteiger partial charge in [-0.3, -0.25) is 9.59 Å². The van der Waals surface area contributed by atoms with Crippen molar-refractivity contribution >= 4 is 11.9 Å². The molecule has 0 heterocycles. The fraction of sp³-hybridized carbons (Fsp3) is 0.733. The highest BCUT2D eigenvalue weighted by atomic mass is 16.5. The van der Waals surface area contributed by atoms with E-state index < -0.39 is 24.0 Å². The summed E-state index contributed by atoms with van der Waals surface area (Å²) in [7, 11) is 0. The van der Waals surface area contributed by atoms with E-state index >= 15 is 0 Å². The summed E-state index contributed by atoms with van der Waals surface area (Å²) in [6.07, 6.45) is 6.47. The maximum atomic E-state index is 11.5. The first-order valence-electron chi connectivity index (χ1n) is 7.15. The summed E-state index contributed by atoms with van der Waals surface area (Å²) in [4.78, 5) is 22.6. The van der Waals surface area contributed by atoms with E-state index in [-0.39, 0.29) is 13.0 Å². The lowest BCUT2D eigenvalue weighted by atomic mass is 9.97. The summed E-state index contributed by atoms with van der Waals surface area (Å²) in [6, 6.07) is 0. The zero-order valence-electron chi connectivity index (χ0n) is 12.2. The van der Waals surface area contributed by atoms with Gasteiger partial charge in [0.15, 0.2) is 0 Å². The number of unbranched alkanes of at least 4 members (excludes halogenated alkanes) is 4. The van der Waals surface area contributed by atoms with Crippen LogP contribution in [0.4, 0.5) is 0 Å². The molecule has 0 saturated heterocycles. The van der Waals surface area contributed by atoms with Gasteiger partial charge < -0.3 is 14.9 Å². The number of carbonyl (C=O) groups excluding carboxylic acids is 1. The van der Waals surface area contributed by atoms with Gasteiger partial charge in [0.05, 0.1) is 18.9 Å². The lowest BCUT2D eigenvalue weighted by molar-refractivity contribution is -0.156. The molecule has 0 aromatic rings. The van der Waals surface area contributed by atoms with E-state index in [1.807, 2.05) is 6.08 Å². The predicted molar refractivity (Wildman–Crippen MR) is 76.3 cm³/mol. The van der Waals surface area contributed by atoms with Gasteiger partial charge in [0.1, 0.15) is 6.10 Å². The Morgan fingerprint density at radius 2 is 1.90 bits per heavy atom. The molecule has 116 valence electrons. The number of rotatable bonds is 12. The number of aliphatic hydroxyl groups is 1. The van der Waals surface area contributed by atoms with Crippen LogP contribution in [0.1, 0.15) is 51.9 Å². The maximum absolute atomic E-state index is 11.5. The van der Waals surface area contributed by atoms with Crippen molar-refractivity contribution in [1.82, 2.24) is 0 Å². The lowest BCUT2D eigenvalue weighted by Gasteiger charge is -2.14. The molecule has 0 radical (unpaired) electrons. The molecule has 0 amide bonds. The van der Waals surface area contributed by atoms with Crippen molar-refractivity contribution in [3.8, 4) is 0 Å². The molecule has 0 spiro atoms. The average molecular weight is 286 g/mol. The van der Waals surface area contributed by atoms with Crippen molar-refractivity contribution < 1.29 is 24.5 Å². The van der Waals surface area contributed by atoms with Gasteiger partial charge in [-0.25, -0.2) is 0 Å². The number of allylic oxidation sites excluding steroid dienone is 1. The number of carboxylic acids is 1. The van der Waals surface area contributed by atoms with Crippen LogP contribution in [0.25, 0.3) is 0 Å². The normalized spacial score (nSPS) is 13.5. The van der Waals surface area contributed by atoms with Crippen LogP contribution in [0.15, 0.2) is 12.7 Å². The second-order valence-corrected chi connectivity index (χ2v) is 5.00. The van der Waals surface area contributed by atoms with E-state index in [4.69, 9.17) is 14.9 Å². The smallest absolute Gasteiger partial charge is 0.307 e. The van der Waals surface area contributed by atoms with E-state index in [1.54, 1.807) is 6.92 Å². The van der Waals surface area contributed by atoms with Gasteiger partial charge >= 0.3 is 11.9 Å². The van der Waals surface area contributed by atoms with Crippen molar-refractivity contribution in [2.45, 2.75) is 58.0 Å². The molecule has 0 aliphatic rings. The molecule has 20 heavy (non-hydrogen) atoms. The highest BCUT2D eigenvalue weighted by molar-refractivity contribution is 5.78. The second-order valence-electron chi connectivity index (χ2n) is 5.00. The monoisotopic (exact) mass is 286 g/mol. The van der Waals surface area contributed by atoms with Gasteiger partial charge in [0.2, 0.25) is 0 Å². The van der Waals surface area contributed by atoms with Gasteiger partial charge in [0.25, 0.3) is 0 Å². The standard InChI is InChI=1S/C15H26O5/c1-3-4-5-6-7-8-9-13(15(18)19)10-14(17)20-12(2)11-16/h3,12-13,16H,1,4-11H2,2H3,(H,18,19). The molecular weight excluding hydrogens is 260 g/mol. The minimum Gasteiger partial charge on any atom is -0.481 e. The summed E-state index contributed by atoms with van der Waals surface area (Å²) in [5.41, 5.74) is 0. The molecule has 0 aliphatic heterocycles. The average Bonchev–Trinajstić information content (AvgIpc) is 2.40. The topological polar surface area (TPSA) is 83.8 Å². The van der Waals surface area contributed by atoms with Crippen molar-refractivity contribution in [3.63, 3.8) is 0 Å². The van der Waals surface area contributed by atoms with E-state index in [2.05, 4.69) is 6.58 Å². The Morgan fingerprint density at radius 1 is 1.25 bits per heavy atom. The number of esters is 1. The highest BCUT2D eigenvalue weighted by Gasteiger charge is 2.22. The van der Waals surface area contributed by atoms with Crippen LogP contribution in [-0.4, -0.2) is 34.9 Å². The zero-order valence-corrected chi connectivity index (χ0v) is 12.2. The van der Waals surface area contributed by atoms with Crippen LogP contribution in [0.3, 0.4) is 0 Å². The molecule has 0 aliphatic carbocycles. The molecular formula is C15H26O5. The maximum Gasteiger partial charge on any atom is 0.307 e. The van der Waals surface area contributed by atoms with Crippen LogP contribution in [0, 0.1) is 5.92 Å². The molecule has 0 rings (SSSR count). The molecule has 0 fully saturated rings. The first-order chi connectivity index (χ1) is 9.51. The molecule has 0 aromatic heterocycles. The van der Waals surface area contributed by atoms with E-state index in [0.717, 1.165) is 32.1 Å². The van der Waals surface area contributed by atoms with Crippen molar-refractivity contribution in [1.29, 1.82) is 0 Å². The molecule has 0 saturated carbocycles. The van der Waals surface area contributed by atoms with Gasteiger partial charge in [-0.15, -0.1) is 6.58 Å². The summed E-state index contributed by atoms with van der Waals surface area (Å²) < 4.78 is 4.88. The molecule has 5 heteroatoms. The quantitative estimate of drug-likeness (QED) is 0.327. The predicted octanol–water partition coefficient (Wildman–Crippen LogP) is 2.53. The number of ether oxygens (including phenoxy) is 1. The third kappa shape index (κ3) is 9.55. The lowest BCUT2D eigenvalue weighted by Crippen LogP contribution is -2.23. The van der Waals surface area contributed by atoms with E-state index in [0.29, 0.717) is 6.42 Å². The third-order valence-corrected chi connectivity index (χ3v) is 3.06. The number of carbonyl (C=O) groups is 2. The van der Waals surface area contributed by atoms with Crippen molar-refractivity contribution in [3.05, 3.63) is 12.7 Å². The van der Waals surface area contributed by atoms with Crippen molar-refractivity contribution in [2.75, 3.05) is 6.61 Å².